The maximum atomic E-state index is 12.9. The lowest BCUT2D eigenvalue weighted by molar-refractivity contribution is 0.188. The van der Waals surface area contributed by atoms with E-state index < -0.39 is 6.17 Å². The first kappa shape index (κ1) is 12.5. The quantitative estimate of drug-likeness (QED) is 0.781. The van der Waals surface area contributed by atoms with Gasteiger partial charge in [0.25, 0.3) is 0 Å². The van der Waals surface area contributed by atoms with Crippen molar-refractivity contribution in [1.29, 1.82) is 0 Å². The van der Waals surface area contributed by atoms with Gasteiger partial charge in [0.2, 0.25) is 0 Å². The molecule has 1 aliphatic rings. The van der Waals surface area contributed by atoms with Crippen molar-refractivity contribution in [2.45, 2.75) is 26.1 Å². The molecule has 0 bridgehead atoms. The molecule has 0 spiro atoms. The summed E-state index contributed by atoms with van der Waals surface area (Å²) < 4.78 is 15.1. The van der Waals surface area contributed by atoms with Crippen molar-refractivity contribution in [1.82, 2.24) is 4.90 Å². The smallest absolute Gasteiger partial charge is 0.110 e. The predicted octanol–water partition coefficient (Wildman–Crippen LogP) is 3.93. The summed E-state index contributed by atoms with van der Waals surface area (Å²) in [7, 11) is 0. The highest BCUT2D eigenvalue weighted by molar-refractivity contribution is 9.13. The highest BCUT2D eigenvalue weighted by Gasteiger charge is 2.18. The third kappa shape index (κ3) is 2.84. The molecular formula is C12H14Br2FN. The van der Waals surface area contributed by atoms with Crippen molar-refractivity contribution in [2.24, 2.45) is 0 Å². The van der Waals surface area contributed by atoms with Gasteiger partial charge in [-0.2, -0.15) is 0 Å². The van der Waals surface area contributed by atoms with Crippen LogP contribution in [0, 0.1) is 0 Å². The third-order valence-corrected chi connectivity index (χ3v) is 4.69. The minimum atomic E-state index is -0.750. The molecule has 1 aromatic carbocycles. The van der Waals surface area contributed by atoms with E-state index in [9.17, 15) is 4.39 Å². The number of fused-ring (bicyclic) bond motifs is 1. The van der Waals surface area contributed by atoms with E-state index >= 15 is 0 Å². The largest absolute Gasteiger partial charge is 0.296 e. The Morgan fingerprint density at radius 2 is 1.94 bits per heavy atom. The van der Waals surface area contributed by atoms with Crippen molar-refractivity contribution in [2.75, 3.05) is 13.1 Å². The zero-order valence-corrected chi connectivity index (χ0v) is 12.3. The zero-order valence-electron chi connectivity index (χ0n) is 9.14. The summed E-state index contributed by atoms with van der Waals surface area (Å²) >= 11 is 7.01. The van der Waals surface area contributed by atoms with Gasteiger partial charge in [0.1, 0.15) is 6.17 Å². The average Bonchev–Trinajstić information content (AvgIpc) is 2.19. The molecule has 4 heteroatoms. The first-order valence-corrected chi connectivity index (χ1v) is 6.98. The van der Waals surface area contributed by atoms with Crippen molar-refractivity contribution in [3.8, 4) is 0 Å². The number of hydrogen-bond acceptors (Lipinski definition) is 1. The lowest BCUT2D eigenvalue weighted by atomic mass is 10.00. The number of nitrogens with zero attached hydrogens (tertiary/aromatic N) is 1. The minimum Gasteiger partial charge on any atom is -0.296 e. The lowest BCUT2D eigenvalue weighted by Gasteiger charge is -2.29. The zero-order chi connectivity index (χ0) is 11.7. The monoisotopic (exact) mass is 349 g/mol. The molecule has 1 nitrogen and oxygen atoms in total. The second-order valence-electron chi connectivity index (χ2n) is 4.30. The van der Waals surface area contributed by atoms with Crippen molar-refractivity contribution >= 4 is 31.9 Å². The van der Waals surface area contributed by atoms with Gasteiger partial charge in [0.05, 0.1) is 0 Å². The van der Waals surface area contributed by atoms with Gasteiger partial charge in [-0.3, -0.25) is 4.90 Å². The van der Waals surface area contributed by atoms with E-state index in [2.05, 4.69) is 48.9 Å². The maximum Gasteiger partial charge on any atom is 0.110 e. The Morgan fingerprint density at radius 3 is 2.56 bits per heavy atom. The second-order valence-corrected chi connectivity index (χ2v) is 6.01. The molecule has 0 radical (unpaired) electrons. The predicted molar refractivity (Wildman–Crippen MR) is 71.4 cm³/mol. The molecule has 0 N–H and O–H groups in total. The number of hydrogen-bond donors (Lipinski definition) is 0. The van der Waals surface area contributed by atoms with Crippen LogP contribution in [0.4, 0.5) is 4.39 Å². The van der Waals surface area contributed by atoms with E-state index in [1.165, 1.54) is 11.1 Å². The molecule has 1 unspecified atom stereocenters. The van der Waals surface area contributed by atoms with Gasteiger partial charge in [-0.1, -0.05) is 0 Å². The summed E-state index contributed by atoms with van der Waals surface area (Å²) in [6, 6.07) is 4.30. The average molecular weight is 351 g/mol. The molecule has 2 rings (SSSR count). The summed E-state index contributed by atoms with van der Waals surface area (Å²) in [5.74, 6) is 0. The highest BCUT2D eigenvalue weighted by Crippen LogP contribution is 2.30. The Bertz CT molecular complexity index is 393. The van der Waals surface area contributed by atoms with Gasteiger partial charge < -0.3 is 0 Å². The Labute approximate surface area is 112 Å². The van der Waals surface area contributed by atoms with Crippen LogP contribution >= 0.6 is 31.9 Å². The van der Waals surface area contributed by atoms with Gasteiger partial charge >= 0.3 is 0 Å². The molecular weight excluding hydrogens is 337 g/mol. The van der Waals surface area contributed by atoms with E-state index in [0.29, 0.717) is 6.54 Å². The highest BCUT2D eigenvalue weighted by atomic mass is 79.9. The van der Waals surface area contributed by atoms with Crippen LogP contribution in [-0.4, -0.2) is 24.2 Å². The molecule has 1 aromatic rings. The second kappa shape index (κ2) is 5.15. The normalized spacial score (nSPS) is 18.2. The van der Waals surface area contributed by atoms with Gasteiger partial charge in [-0.15, -0.1) is 0 Å². The van der Waals surface area contributed by atoms with Crippen LogP contribution in [0.1, 0.15) is 18.1 Å². The lowest BCUT2D eigenvalue weighted by Crippen LogP contribution is -2.34. The fourth-order valence-corrected chi connectivity index (χ4v) is 2.90. The molecule has 16 heavy (non-hydrogen) atoms. The first-order chi connectivity index (χ1) is 7.56. The fraction of sp³-hybridized carbons (Fsp3) is 0.500. The number of rotatable bonds is 2. The van der Waals surface area contributed by atoms with E-state index in [1.807, 2.05) is 0 Å². The summed E-state index contributed by atoms with van der Waals surface area (Å²) in [5, 5.41) is 0. The van der Waals surface area contributed by atoms with E-state index in [4.69, 9.17) is 0 Å². The maximum absolute atomic E-state index is 12.9. The molecule has 0 aliphatic carbocycles. The van der Waals surface area contributed by atoms with Crippen LogP contribution in [0.2, 0.25) is 0 Å². The minimum absolute atomic E-state index is 0.535. The molecule has 0 fully saturated rings. The van der Waals surface area contributed by atoms with Crippen molar-refractivity contribution in [3.05, 3.63) is 32.2 Å². The van der Waals surface area contributed by atoms with Crippen LogP contribution in [-0.2, 0) is 13.0 Å². The van der Waals surface area contributed by atoms with Crippen LogP contribution in [0.25, 0.3) is 0 Å². The summed E-state index contributed by atoms with van der Waals surface area (Å²) in [6.45, 7) is 3.96. The van der Waals surface area contributed by atoms with Gasteiger partial charge in [0.15, 0.2) is 0 Å². The van der Waals surface area contributed by atoms with E-state index in [1.54, 1.807) is 6.92 Å². The molecule has 1 heterocycles. The SMILES string of the molecule is CC(F)CN1CCc2cc(Br)c(Br)cc2C1. The molecule has 0 aromatic heterocycles. The molecule has 0 saturated heterocycles. The first-order valence-electron chi connectivity index (χ1n) is 5.39. The van der Waals surface area contributed by atoms with Crippen LogP contribution in [0.5, 0.6) is 0 Å². The molecule has 0 saturated carbocycles. The molecule has 1 atom stereocenters. The topological polar surface area (TPSA) is 3.24 Å². The van der Waals surface area contributed by atoms with Crippen molar-refractivity contribution in [3.63, 3.8) is 0 Å². The number of halogens is 3. The third-order valence-electron chi connectivity index (χ3n) is 2.84. The van der Waals surface area contributed by atoms with Crippen molar-refractivity contribution < 1.29 is 4.39 Å². The number of benzene rings is 1. The van der Waals surface area contributed by atoms with Gasteiger partial charge in [-0.05, 0) is 68.5 Å². The molecule has 88 valence electrons. The van der Waals surface area contributed by atoms with E-state index in [0.717, 1.165) is 28.5 Å². The Balaban J connectivity index is 2.17. The fourth-order valence-electron chi connectivity index (χ4n) is 2.12. The molecule has 0 amide bonds. The standard InChI is InChI=1S/C12H14Br2FN/c1-8(15)6-16-3-2-9-4-11(13)12(14)5-10(9)7-16/h4-5,8H,2-3,6-7H2,1H3. The summed E-state index contributed by atoms with van der Waals surface area (Å²) in [6.07, 6.45) is 0.258. The summed E-state index contributed by atoms with van der Waals surface area (Å²) in [5.41, 5.74) is 2.68. The van der Waals surface area contributed by atoms with Crippen LogP contribution in [0.15, 0.2) is 21.1 Å². The Morgan fingerprint density at radius 1 is 1.31 bits per heavy atom. The Hall–Kier alpha value is 0.0700. The van der Waals surface area contributed by atoms with Crippen LogP contribution < -0.4 is 0 Å². The van der Waals surface area contributed by atoms with Crippen LogP contribution in [0.3, 0.4) is 0 Å². The number of alkyl halides is 1. The summed E-state index contributed by atoms with van der Waals surface area (Å²) in [4.78, 5) is 2.17. The molecule has 1 aliphatic heterocycles. The Kier molecular flexibility index (Phi) is 4.03. The van der Waals surface area contributed by atoms with E-state index in [-0.39, 0.29) is 0 Å². The van der Waals surface area contributed by atoms with Gasteiger partial charge in [-0.25, -0.2) is 4.39 Å². The van der Waals surface area contributed by atoms with Gasteiger partial charge in [0, 0.05) is 28.6 Å².